The zero-order chi connectivity index (χ0) is 16.9. The van der Waals surface area contributed by atoms with Crippen LogP contribution in [0.1, 0.15) is 40.9 Å². The highest BCUT2D eigenvalue weighted by atomic mass is 16.5. The molecular formula is C19H29N3O2. The van der Waals surface area contributed by atoms with Crippen molar-refractivity contribution in [3.8, 4) is 0 Å². The van der Waals surface area contributed by atoms with Gasteiger partial charge in [-0.2, -0.15) is 0 Å². The van der Waals surface area contributed by atoms with Crippen LogP contribution in [-0.4, -0.2) is 68.7 Å². The van der Waals surface area contributed by atoms with Crippen molar-refractivity contribution in [2.75, 3.05) is 52.9 Å². The Morgan fingerprint density at radius 1 is 1.29 bits per heavy atom. The summed E-state index contributed by atoms with van der Waals surface area (Å²) < 4.78 is 5.09. The van der Waals surface area contributed by atoms with Crippen LogP contribution in [0.3, 0.4) is 0 Å². The molecule has 0 unspecified atom stereocenters. The lowest BCUT2D eigenvalue weighted by molar-refractivity contribution is 0.0526. The molecule has 1 aromatic carbocycles. The van der Waals surface area contributed by atoms with E-state index in [-0.39, 0.29) is 5.97 Å². The summed E-state index contributed by atoms with van der Waals surface area (Å²) in [4.78, 5) is 16.8. The van der Waals surface area contributed by atoms with E-state index in [9.17, 15) is 4.79 Å². The van der Waals surface area contributed by atoms with Crippen molar-refractivity contribution >= 4 is 5.97 Å². The molecule has 1 aliphatic heterocycles. The van der Waals surface area contributed by atoms with Gasteiger partial charge in [-0.25, -0.2) is 4.79 Å². The predicted molar refractivity (Wildman–Crippen MR) is 95.4 cm³/mol. The molecule has 1 aromatic rings. The van der Waals surface area contributed by atoms with Gasteiger partial charge in [0.05, 0.1) is 12.2 Å². The van der Waals surface area contributed by atoms with E-state index in [2.05, 4.69) is 28.2 Å². The third kappa shape index (κ3) is 4.15. The summed E-state index contributed by atoms with van der Waals surface area (Å²) in [6.07, 6.45) is 2.15. The summed E-state index contributed by atoms with van der Waals surface area (Å²) in [6, 6.07) is 6.43. The summed E-state index contributed by atoms with van der Waals surface area (Å²) in [5, 5.41) is 3.70. The third-order valence-corrected chi connectivity index (χ3v) is 5.15. The zero-order valence-corrected chi connectivity index (χ0v) is 14.9. The summed E-state index contributed by atoms with van der Waals surface area (Å²) in [5.74, 6) is -0.216. The van der Waals surface area contributed by atoms with Crippen LogP contribution in [-0.2, 0) is 11.2 Å². The summed E-state index contributed by atoms with van der Waals surface area (Å²) in [5.41, 5.74) is 3.31. The number of likely N-dealkylation sites (N-methyl/N-ethyl adjacent to an activating group) is 1. The number of hydrogen-bond acceptors (Lipinski definition) is 5. The Labute approximate surface area is 145 Å². The highest BCUT2D eigenvalue weighted by molar-refractivity contribution is 5.89. The fourth-order valence-electron chi connectivity index (χ4n) is 3.64. The van der Waals surface area contributed by atoms with Gasteiger partial charge in [0, 0.05) is 45.3 Å². The molecule has 24 heavy (non-hydrogen) atoms. The van der Waals surface area contributed by atoms with Crippen molar-refractivity contribution in [3.63, 3.8) is 0 Å². The number of benzene rings is 1. The maximum atomic E-state index is 11.8. The van der Waals surface area contributed by atoms with Gasteiger partial charge in [-0.1, -0.05) is 6.07 Å². The number of aryl methyl sites for hydroxylation is 1. The molecule has 3 rings (SSSR count). The second-order valence-corrected chi connectivity index (χ2v) is 6.82. The molecule has 0 aromatic heterocycles. The minimum Gasteiger partial charge on any atom is -0.462 e. The monoisotopic (exact) mass is 331 g/mol. The van der Waals surface area contributed by atoms with E-state index in [0.29, 0.717) is 18.2 Å². The van der Waals surface area contributed by atoms with E-state index in [0.717, 1.165) is 25.9 Å². The quantitative estimate of drug-likeness (QED) is 0.804. The molecule has 0 bridgehead atoms. The molecule has 1 atom stereocenters. The van der Waals surface area contributed by atoms with Crippen LogP contribution in [0.5, 0.6) is 0 Å². The van der Waals surface area contributed by atoms with E-state index >= 15 is 0 Å². The van der Waals surface area contributed by atoms with Crippen molar-refractivity contribution < 1.29 is 9.53 Å². The Bertz CT molecular complexity index is 568. The molecule has 1 aliphatic carbocycles. The highest BCUT2D eigenvalue weighted by Crippen LogP contribution is 2.31. The van der Waals surface area contributed by atoms with Gasteiger partial charge in [-0.05, 0) is 50.1 Å². The second kappa shape index (κ2) is 8.10. The number of nitrogens with zero attached hydrogens (tertiary/aromatic N) is 2. The molecule has 1 heterocycles. The van der Waals surface area contributed by atoms with E-state index < -0.39 is 0 Å². The van der Waals surface area contributed by atoms with Gasteiger partial charge >= 0.3 is 5.97 Å². The van der Waals surface area contributed by atoms with Crippen LogP contribution in [0.2, 0.25) is 0 Å². The fourth-order valence-corrected chi connectivity index (χ4v) is 3.64. The lowest BCUT2D eigenvalue weighted by Gasteiger charge is -2.32. The van der Waals surface area contributed by atoms with Crippen LogP contribution in [0.4, 0.5) is 0 Å². The van der Waals surface area contributed by atoms with E-state index in [1.807, 2.05) is 19.1 Å². The number of hydrogen-bond donors (Lipinski definition) is 1. The largest absolute Gasteiger partial charge is 0.462 e. The number of ether oxygens (including phenoxy) is 1. The Kier molecular flexibility index (Phi) is 5.87. The first-order chi connectivity index (χ1) is 11.7. The summed E-state index contributed by atoms with van der Waals surface area (Å²) in [6.45, 7) is 9.07. The average molecular weight is 331 g/mol. The second-order valence-electron chi connectivity index (χ2n) is 6.82. The molecule has 2 aliphatic rings. The Balaban J connectivity index is 1.50. The van der Waals surface area contributed by atoms with Crippen LogP contribution in [0.25, 0.3) is 0 Å². The maximum Gasteiger partial charge on any atom is 0.338 e. The molecule has 1 saturated heterocycles. The number of fused-ring (bicyclic) bond motifs is 1. The molecule has 1 fully saturated rings. The molecule has 132 valence electrons. The van der Waals surface area contributed by atoms with Crippen LogP contribution in [0, 0.1) is 0 Å². The van der Waals surface area contributed by atoms with Gasteiger partial charge in [0.25, 0.3) is 0 Å². The van der Waals surface area contributed by atoms with Gasteiger partial charge < -0.3 is 15.0 Å². The van der Waals surface area contributed by atoms with Crippen LogP contribution >= 0.6 is 0 Å². The van der Waals surface area contributed by atoms with E-state index in [1.165, 1.54) is 37.3 Å². The zero-order valence-electron chi connectivity index (χ0n) is 14.9. The fraction of sp³-hybridized carbons (Fsp3) is 0.632. The molecule has 5 heteroatoms. The molecule has 0 amide bonds. The predicted octanol–water partition coefficient (Wildman–Crippen LogP) is 1.69. The number of carbonyl (C=O) groups is 1. The number of piperazine rings is 1. The first kappa shape index (κ1) is 17.4. The molecule has 0 radical (unpaired) electrons. The lowest BCUT2D eigenvalue weighted by Crippen LogP contribution is -2.46. The standard InChI is InChI=1S/C19H29N3O2/c1-3-24-19(23)16-4-6-17-15(14-16)5-7-18(17)20-8-9-22-12-10-21(2)11-13-22/h4,6,14,18,20H,3,5,7-13H2,1-2H3/t18-/m0/s1. The van der Waals surface area contributed by atoms with Crippen LogP contribution < -0.4 is 5.32 Å². The number of carbonyl (C=O) groups excluding carboxylic acids is 1. The van der Waals surface area contributed by atoms with Gasteiger partial charge in [-0.15, -0.1) is 0 Å². The minimum atomic E-state index is -0.216. The maximum absolute atomic E-state index is 11.8. The molecule has 5 nitrogen and oxygen atoms in total. The molecule has 0 saturated carbocycles. The molecule has 1 N–H and O–H groups in total. The Morgan fingerprint density at radius 3 is 2.83 bits per heavy atom. The minimum absolute atomic E-state index is 0.216. The topological polar surface area (TPSA) is 44.8 Å². The normalized spacial score (nSPS) is 21.7. The van der Waals surface area contributed by atoms with E-state index in [1.54, 1.807) is 0 Å². The average Bonchev–Trinajstić information content (AvgIpc) is 2.99. The van der Waals surface area contributed by atoms with Gasteiger partial charge in [0.15, 0.2) is 0 Å². The van der Waals surface area contributed by atoms with Crippen molar-refractivity contribution in [1.82, 2.24) is 15.1 Å². The highest BCUT2D eigenvalue weighted by Gasteiger charge is 2.23. The van der Waals surface area contributed by atoms with E-state index in [4.69, 9.17) is 4.74 Å². The van der Waals surface area contributed by atoms with Gasteiger partial charge in [0.2, 0.25) is 0 Å². The SMILES string of the molecule is CCOC(=O)c1ccc2c(c1)CC[C@@H]2NCCN1CCN(C)CC1. The molecule has 0 spiro atoms. The van der Waals surface area contributed by atoms with Crippen LogP contribution in [0.15, 0.2) is 18.2 Å². The van der Waals surface area contributed by atoms with Crippen molar-refractivity contribution in [1.29, 1.82) is 0 Å². The summed E-state index contributed by atoms with van der Waals surface area (Å²) >= 11 is 0. The van der Waals surface area contributed by atoms with Crippen molar-refractivity contribution in [3.05, 3.63) is 34.9 Å². The lowest BCUT2D eigenvalue weighted by atomic mass is 10.0. The molecular weight excluding hydrogens is 302 g/mol. The Hall–Kier alpha value is -1.43. The van der Waals surface area contributed by atoms with Gasteiger partial charge in [0.1, 0.15) is 0 Å². The third-order valence-electron chi connectivity index (χ3n) is 5.15. The first-order valence-electron chi connectivity index (χ1n) is 9.11. The number of esters is 1. The van der Waals surface area contributed by atoms with Crippen molar-refractivity contribution in [2.45, 2.75) is 25.8 Å². The van der Waals surface area contributed by atoms with Crippen molar-refractivity contribution in [2.24, 2.45) is 0 Å². The smallest absolute Gasteiger partial charge is 0.338 e. The Morgan fingerprint density at radius 2 is 2.08 bits per heavy atom. The summed E-state index contributed by atoms with van der Waals surface area (Å²) in [7, 11) is 2.19. The number of rotatable bonds is 6. The number of nitrogens with one attached hydrogen (secondary N) is 1. The van der Waals surface area contributed by atoms with Gasteiger partial charge in [-0.3, -0.25) is 4.90 Å². The first-order valence-corrected chi connectivity index (χ1v) is 9.11.